The second-order valence-corrected chi connectivity index (χ2v) is 5.25. The number of aryl methyl sites for hydroxylation is 2. The Kier molecular flexibility index (Phi) is 5.34. The Morgan fingerprint density at radius 1 is 1.14 bits per heavy atom. The van der Waals surface area contributed by atoms with E-state index in [4.69, 9.17) is 4.74 Å². The number of rotatable bonds is 6. The Morgan fingerprint density at radius 3 is 2.57 bits per heavy atom. The molecule has 1 atom stereocenters. The molecule has 21 heavy (non-hydrogen) atoms. The van der Waals surface area contributed by atoms with Gasteiger partial charge in [0.1, 0.15) is 5.75 Å². The molecule has 0 radical (unpaired) electrons. The summed E-state index contributed by atoms with van der Waals surface area (Å²) >= 11 is 0. The zero-order valence-electron chi connectivity index (χ0n) is 13.3. The molecule has 0 saturated carbocycles. The molecule has 0 bridgehead atoms. The van der Waals surface area contributed by atoms with Crippen LogP contribution in [-0.4, -0.2) is 18.6 Å². The molecule has 1 aromatic heterocycles. The van der Waals surface area contributed by atoms with Crippen LogP contribution >= 0.6 is 0 Å². The summed E-state index contributed by atoms with van der Waals surface area (Å²) in [7, 11) is 1.72. The molecule has 1 heterocycles. The van der Waals surface area contributed by atoms with E-state index in [0.717, 1.165) is 30.1 Å². The molecule has 0 aliphatic rings. The summed E-state index contributed by atoms with van der Waals surface area (Å²) in [6.07, 6.45) is 0.892. The Bertz CT molecular complexity index is 596. The molecule has 2 aromatic rings. The van der Waals surface area contributed by atoms with Gasteiger partial charge in [0.05, 0.1) is 7.11 Å². The first-order chi connectivity index (χ1) is 10.2. The molecule has 1 aromatic carbocycles. The number of ether oxygens (including phenoxy) is 1. The van der Waals surface area contributed by atoms with Crippen LogP contribution in [0, 0.1) is 13.8 Å². The number of nitrogens with one attached hydrogen (secondary N) is 1. The molecule has 1 unspecified atom stereocenters. The smallest absolute Gasteiger partial charge is 0.122 e. The van der Waals surface area contributed by atoms with Crippen molar-refractivity contribution in [3.05, 3.63) is 58.9 Å². The summed E-state index contributed by atoms with van der Waals surface area (Å²) in [5, 5.41) is 3.56. The van der Waals surface area contributed by atoms with Crippen molar-refractivity contribution in [2.45, 2.75) is 33.2 Å². The van der Waals surface area contributed by atoms with E-state index >= 15 is 0 Å². The van der Waals surface area contributed by atoms with E-state index in [9.17, 15) is 0 Å². The van der Waals surface area contributed by atoms with Crippen molar-refractivity contribution in [1.29, 1.82) is 0 Å². The molecule has 0 fully saturated rings. The van der Waals surface area contributed by atoms with Gasteiger partial charge in [0.15, 0.2) is 0 Å². The van der Waals surface area contributed by atoms with Gasteiger partial charge in [-0.1, -0.05) is 31.2 Å². The molecule has 0 amide bonds. The van der Waals surface area contributed by atoms with E-state index in [1.54, 1.807) is 7.11 Å². The van der Waals surface area contributed by atoms with Crippen molar-refractivity contribution in [1.82, 2.24) is 10.3 Å². The lowest BCUT2D eigenvalue weighted by molar-refractivity contribution is 0.405. The molecule has 3 heteroatoms. The quantitative estimate of drug-likeness (QED) is 0.880. The summed E-state index contributed by atoms with van der Waals surface area (Å²) in [6, 6.07) is 12.7. The van der Waals surface area contributed by atoms with Gasteiger partial charge in [0, 0.05) is 17.4 Å². The number of benzene rings is 1. The fourth-order valence-corrected chi connectivity index (χ4v) is 2.70. The third kappa shape index (κ3) is 3.82. The molecule has 0 aliphatic carbocycles. The summed E-state index contributed by atoms with van der Waals surface area (Å²) in [5.41, 5.74) is 4.62. The number of hydrogen-bond acceptors (Lipinski definition) is 3. The first-order valence-corrected chi connectivity index (χ1v) is 7.45. The predicted octanol–water partition coefficient (Wildman–Crippen LogP) is 3.60. The number of aromatic nitrogens is 1. The zero-order chi connectivity index (χ0) is 15.2. The summed E-state index contributed by atoms with van der Waals surface area (Å²) in [6.45, 7) is 7.16. The highest BCUT2D eigenvalue weighted by atomic mass is 16.5. The van der Waals surface area contributed by atoms with Crippen LogP contribution in [0.25, 0.3) is 0 Å². The van der Waals surface area contributed by atoms with Gasteiger partial charge in [-0.05, 0) is 50.1 Å². The van der Waals surface area contributed by atoms with E-state index in [1.807, 2.05) is 19.1 Å². The molecule has 0 aliphatic heterocycles. The SMILES string of the molecule is CCNC(Cc1ccccc1OC)c1ccc(C)nc1C. The predicted molar refractivity (Wildman–Crippen MR) is 86.8 cm³/mol. The standard InChI is InChI=1S/C18H24N2O/c1-5-19-17(16-11-10-13(2)20-14(16)3)12-15-8-6-7-9-18(15)21-4/h6-11,17,19H,5,12H2,1-4H3. The topological polar surface area (TPSA) is 34.1 Å². The molecule has 112 valence electrons. The number of methoxy groups -OCH3 is 1. The lowest BCUT2D eigenvalue weighted by Crippen LogP contribution is -2.24. The maximum Gasteiger partial charge on any atom is 0.122 e. The van der Waals surface area contributed by atoms with Crippen LogP contribution in [0.3, 0.4) is 0 Å². The molecular weight excluding hydrogens is 260 g/mol. The fourth-order valence-electron chi connectivity index (χ4n) is 2.70. The number of hydrogen-bond donors (Lipinski definition) is 1. The number of pyridine rings is 1. The second kappa shape index (κ2) is 7.23. The molecule has 3 nitrogen and oxygen atoms in total. The van der Waals surface area contributed by atoms with Crippen LogP contribution in [0.15, 0.2) is 36.4 Å². The Morgan fingerprint density at radius 2 is 1.90 bits per heavy atom. The normalized spacial score (nSPS) is 12.2. The van der Waals surface area contributed by atoms with Gasteiger partial charge in [-0.25, -0.2) is 0 Å². The van der Waals surface area contributed by atoms with Gasteiger partial charge in [-0.3, -0.25) is 4.98 Å². The highest BCUT2D eigenvalue weighted by Gasteiger charge is 2.16. The van der Waals surface area contributed by atoms with E-state index in [0.29, 0.717) is 0 Å². The second-order valence-electron chi connectivity index (χ2n) is 5.25. The highest BCUT2D eigenvalue weighted by molar-refractivity contribution is 5.36. The third-order valence-corrected chi connectivity index (χ3v) is 3.71. The average molecular weight is 284 g/mol. The molecular formula is C18H24N2O. The van der Waals surface area contributed by atoms with Crippen molar-refractivity contribution >= 4 is 0 Å². The minimum absolute atomic E-state index is 0.249. The van der Waals surface area contributed by atoms with E-state index in [-0.39, 0.29) is 6.04 Å². The molecule has 0 saturated heterocycles. The number of likely N-dealkylation sites (N-methyl/N-ethyl adjacent to an activating group) is 1. The summed E-state index contributed by atoms with van der Waals surface area (Å²) in [4.78, 5) is 4.59. The highest BCUT2D eigenvalue weighted by Crippen LogP contribution is 2.26. The Hall–Kier alpha value is -1.87. The first-order valence-electron chi connectivity index (χ1n) is 7.45. The van der Waals surface area contributed by atoms with Crippen LogP contribution in [-0.2, 0) is 6.42 Å². The van der Waals surface area contributed by atoms with Gasteiger partial charge < -0.3 is 10.1 Å². The Balaban J connectivity index is 2.30. The van der Waals surface area contributed by atoms with Gasteiger partial charge in [-0.2, -0.15) is 0 Å². The minimum Gasteiger partial charge on any atom is -0.496 e. The van der Waals surface area contributed by atoms with Crippen LogP contribution in [0.4, 0.5) is 0 Å². The largest absolute Gasteiger partial charge is 0.496 e. The lowest BCUT2D eigenvalue weighted by Gasteiger charge is -2.21. The van der Waals surface area contributed by atoms with Gasteiger partial charge in [0.2, 0.25) is 0 Å². The molecule has 1 N–H and O–H groups in total. The number of para-hydroxylation sites is 1. The van der Waals surface area contributed by atoms with E-state index in [2.05, 4.69) is 48.4 Å². The van der Waals surface area contributed by atoms with Crippen LogP contribution in [0.5, 0.6) is 5.75 Å². The van der Waals surface area contributed by atoms with Crippen LogP contribution < -0.4 is 10.1 Å². The zero-order valence-corrected chi connectivity index (χ0v) is 13.3. The average Bonchev–Trinajstić information content (AvgIpc) is 2.47. The van der Waals surface area contributed by atoms with Gasteiger partial charge in [-0.15, -0.1) is 0 Å². The fraction of sp³-hybridized carbons (Fsp3) is 0.389. The van der Waals surface area contributed by atoms with Crippen molar-refractivity contribution in [2.24, 2.45) is 0 Å². The summed E-state index contributed by atoms with van der Waals surface area (Å²) < 4.78 is 5.47. The molecule has 2 rings (SSSR count). The van der Waals surface area contributed by atoms with Crippen LogP contribution in [0.2, 0.25) is 0 Å². The monoisotopic (exact) mass is 284 g/mol. The maximum atomic E-state index is 5.47. The minimum atomic E-state index is 0.249. The van der Waals surface area contributed by atoms with E-state index in [1.165, 1.54) is 11.1 Å². The first kappa shape index (κ1) is 15.5. The number of nitrogens with zero attached hydrogens (tertiary/aromatic N) is 1. The maximum absolute atomic E-state index is 5.47. The van der Waals surface area contributed by atoms with Gasteiger partial charge >= 0.3 is 0 Å². The van der Waals surface area contributed by atoms with Crippen LogP contribution in [0.1, 0.15) is 35.5 Å². The molecule has 0 spiro atoms. The Labute approximate surface area is 127 Å². The van der Waals surface area contributed by atoms with Crippen molar-refractivity contribution in [2.75, 3.05) is 13.7 Å². The van der Waals surface area contributed by atoms with Crippen molar-refractivity contribution in [3.8, 4) is 5.75 Å². The summed E-state index contributed by atoms with van der Waals surface area (Å²) in [5.74, 6) is 0.943. The van der Waals surface area contributed by atoms with Crippen molar-refractivity contribution < 1.29 is 4.74 Å². The third-order valence-electron chi connectivity index (χ3n) is 3.71. The van der Waals surface area contributed by atoms with Crippen molar-refractivity contribution in [3.63, 3.8) is 0 Å². The lowest BCUT2D eigenvalue weighted by atomic mass is 9.97. The van der Waals surface area contributed by atoms with E-state index < -0.39 is 0 Å². The van der Waals surface area contributed by atoms with Gasteiger partial charge in [0.25, 0.3) is 0 Å².